The first kappa shape index (κ1) is 14.3. The van der Waals surface area contributed by atoms with Crippen LogP contribution in [0.3, 0.4) is 0 Å². The van der Waals surface area contributed by atoms with Gasteiger partial charge >= 0.3 is 5.97 Å². The van der Waals surface area contributed by atoms with Gasteiger partial charge in [0, 0.05) is 19.1 Å². The summed E-state index contributed by atoms with van der Waals surface area (Å²) in [5, 5.41) is 0.935. The molecular weight excluding hydrogens is 262 g/mol. The van der Waals surface area contributed by atoms with E-state index in [-0.39, 0.29) is 5.97 Å². The summed E-state index contributed by atoms with van der Waals surface area (Å²) < 4.78 is 4.78. The molecule has 0 spiro atoms. The van der Waals surface area contributed by atoms with Crippen molar-refractivity contribution in [2.45, 2.75) is 25.8 Å². The average Bonchev–Trinajstić information content (AvgIpc) is 2.80. The molecule has 106 valence electrons. The van der Waals surface area contributed by atoms with Crippen LogP contribution in [0.15, 0.2) is 0 Å². The summed E-state index contributed by atoms with van der Waals surface area (Å²) in [7, 11) is 5.63. The van der Waals surface area contributed by atoms with E-state index in [9.17, 15) is 4.79 Å². The van der Waals surface area contributed by atoms with E-state index in [4.69, 9.17) is 4.74 Å². The van der Waals surface area contributed by atoms with Gasteiger partial charge in [0.25, 0.3) is 0 Å². The van der Waals surface area contributed by atoms with Crippen LogP contribution in [0.5, 0.6) is 0 Å². The van der Waals surface area contributed by atoms with Gasteiger partial charge in [-0.05, 0) is 33.9 Å². The summed E-state index contributed by atoms with van der Waals surface area (Å²) in [6.45, 7) is 3.85. The molecule has 0 N–H and O–H groups in total. The number of esters is 1. The number of rotatable bonds is 3. The first-order valence-electron chi connectivity index (χ1n) is 6.50. The molecule has 2 heterocycles. The standard InChI is InChI=1S/C13H21N3O2S/c1-9-11(12(17)18-4)19-13(14-9)16-7-5-6-10(8-16)15(2)3/h10H,5-8H2,1-4H3. The van der Waals surface area contributed by atoms with E-state index in [0.717, 1.165) is 30.3 Å². The average molecular weight is 283 g/mol. The number of nitrogens with zero attached hydrogens (tertiary/aromatic N) is 3. The molecule has 0 radical (unpaired) electrons. The van der Waals surface area contributed by atoms with Gasteiger partial charge in [0.05, 0.1) is 12.8 Å². The normalized spacial score (nSPS) is 19.8. The Morgan fingerprint density at radius 2 is 2.26 bits per heavy atom. The Bertz CT molecular complexity index is 459. The zero-order chi connectivity index (χ0) is 14.0. The zero-order valence-electron chi connectivity index (χ0n) is 12.0. The Labute approximate surface area is 118 Å². The van der Waals surface area contributed by atoms with E-state index in [1.807, 2.05) is 6.92 Å². The Hall–Kier alpha value is -1.14. The number of aromatic nitrogens is 1. The van der Waals surface area contributed by atoms with Crippen molar-refractivity contribution >= 4 is 22.4 Å². The van der Waals surface area contributed by atoms with E-state index < -0.39 is 0 Å². The predicted octanol–water partition coefficient (Wildman–Crippen LogP) is 1.77. The molecule has 0 bridgehead atoms. The van der Waals surface area contributed by atoms with Crippen LogP contribution >= 0.6 is 11.3 Å². The van der Waals surface area contributed by atoms with Crippen molar-refractivity contribution in [1.29, 1.82) is 0 Å². The molecule has 0 aliphatic carbocycles. The second-order valence-electron chi connectivity index (χ2n) is 5.11. The molecule has 19 heavy (non-hydrogen) atoms. The van der Waals surface area contributed by atoms with E-state index in [0.29, 0.717) is 10.9 Å². The van der Waals surface area contributed by atoms with Crippen LogP contribution in [0.2, 0.25) is 0 Å². The highest BCUT2D eigenvalue weighted by molar-refractivity contribution is 7.17. The molecular formula is C13H21N3O2S. The van der Waals surface area contributed by atoms with Gasteiger partial charge in [-0.2, -0.15) is 0 Å². The lowest BCUT2D eigenvalue weighted by Crippen LogP contribution is -2.45. The third-order valence-electron chi connectivity index (χ3n) is 3.55. The van der Waals surface area contributed by atoms with Crippen LogP contribution in [0.1, 0.15) is 28.2 Å². The van der Waals surface area contributed by atoms with Gasteiger partial charge in [0.1, 0.15) is 4.88 Å². The Morgan fingerprint density at radius 1 is 1.53 bits per heavy atom. The minimum atomic E-state index is -0.289. The number of piperidine rings is 1. The minimum Gasteiger partial charge on any atom is -0.465 e. The molecule has 1 aliphatic rings. The zero-order valence-corrected chi connectivity index (χ0v) is 12.8. The number of carbonyl (C=O) groups excluding carboxylic acids is 1. The number of ether oxygens (including phenoxy) is 1. The first-order valence-corrected chi connectivity index (χ1v) is 7.31. The van der Waals surface area contributed by atoms with Crippen LogP contribution in [0, 0.1) is 6.92 Å². The highest BCUT2D eigenvalue weighted by atomic mass is 32.1. The largest absolute Gasteiger partial charge is 0.465 e. The van der Waals surface area contributed by atoms with Crippen LogP contribution < -0.4 is 4.90 Å². The van der Waals surface area contributed by atoms with E-state index >= 15 is 0 Å². The van der Waals surface area contributed by atoms with Crippen molar-refractivity contribution in [3.05, 3.63) is 10.6 Å². The van der Waals surface area contributed by atoms with Crippen molar-refractivity contribution in [2.75, 3.05) is 39.2 Å². The first-order chi connectivity index (χ1) is 9.02. The van der Waals surface area contributed by atoms with Gasteiger partial charge in [-0.25, -0.2) is 9.78 Å². The SMILES string of the molecule is COC(=O)c1sc(N2CCCC(N(C)C)C2)nc1C. The molecule has 1 unspecified atom stereocenters. The van der Waals surface area contributed by atoms with Crippen molar-refractivity contribution in [3.63, 3.8) is 0 Å². The molecule has 2 rings (SSSR count). The topological polar surface area (TPSA) is 45.7 Å². The Balaban J connectivity index is 2.15. The maximum absolute atomic E-state index is 11.6. The van der Waals surface area contributed by atoms with Gasteiger partial charge in [0.2, 0.25) is 0 Å². The number of carbonyl (C=O) groups is 1. The van der Waals surface area contributed by atoms with Gasteiger partial charge in [-0.3, -0.25) is 0 Å². The van der Waals surface area contributed by atoms with Gasteiger partial charge < -0.3 is 14.5 Å². The molecule has 0 amide bonds. The van der Waals surface area contributed by atoms with Gasteiger partial charge in [0.15, 0.2) is 5.13 Å². The predicted molar refractivity (Wildman–Crippen MR) is 77.1 cm³/mol. The number of anilines is 1. The second kappa shape index (κ2) is 5.88. The maximum atomic E-state index is 11.6. The van der Waals surface area contributed by atoms with Gasteiger partial charge in [-0.15, -0.1) is 0 Å². The monoisotopic (exact) mass is 283 g/mol. The van der Waals surface area contributed by atoms with Crippen LogP contribution in [0.25, 0.3) is 0 Å². The quantitative estimate of drug-likeness (QED) is 0.791. The molecule has 1 fully saturated rings. The second-order valence-corrected chi connectivity index (χ2v) is 6.09. The summed E-state index contributed by atoms with van der Waals surface area (Å²) in [5.41, 5.74) is 0.763. The molecule has 1 aromatic rings. The van der Waals surface area contributed by atoms with Crippen LogP contribution in [-0.4, -0.2) is 56.2 Å². The fourth-order valence-corrected chi connectivity index (χ4v) is 3.37. The molecule has 1 atom stereocenters. The third kappa shape index (κ3) is 3.06. The molecule has 1 saturated heterocycles. The van der Waals surface area contributed by atoms with Crippen molar-refractivity contribution in [2.24, 2.45) is 0 Å². The number of likely N-dealkylation sites (N-methyl/N-ethyl adjacent to an activating group) is 1. The Morgan fingerprint density at radius 3 is 2.89 bits per heavy atom. The molecule has 0 aromatic carbocycles. The highest BCUT2D eigenvalue weighted by Gasteiger charge is 2.25. The van der Waals surface area contributed by atoms with Gasteiger partial charge in [-0.1, -0.05) is 11.3 Å². The minimum absolute atomic E-state index is 0.289. The maximum Gasteiger partial charge on any atom is 0.350 e. The smallest absolute Gasteiger partial charge is 0.350 e. The van der Waals surface area contributed by atoms with E-state index in [2.05, 4.69) is 28.9 Å². The number of hydrogen-bond acceptors (Lipinski definition) is 6. The van der Waals surface area contributed by atoms with Crippen LogP contribution in [-0.2, 0) is 4.74 Å². The lowest BCUT2D eigenvalue weighted by Gasteiger charge is -2.35. The number of hydrogen-bond donors (Lipinski definition) is 0. The van der Waals surface area contributed by atoms with Crippen molar-refractivity contribution in [3.8, 4) is 0 Å². The molecule has 0 saturated carbocycles. The lowest BCUT2D eigenvalue weighted by molar-refractivity contribution is 0.0605. The summed E-state index contributed by atoms with van der Waals surface area (Å²) in [6, 6.07) is 0.555. The summed E-state index contributed by atoms with van der Waals surface area (Å²) in [4.78, 5) is 21.3. The van der Waals surface area contributed by atoms with Crippen molar-refractivity contribution in [1.82, 2.24) is 9.88 Å². The molecule has 6 heteroatoms. The fraction of sp³-hybridized carbons (Fsp3) is 0.692. The number of thiazole rings is 1. The lowest BCUT2D eigenvalue weighted by atomic mass is 10.1. The Kier molecular flexibility index (Phi) is 4.42. The summed E-state index contributed by atoms with van der Waals surface area (Å²) in [6.07, 6.45) is 2.38. The van der Waals surface area contributed by atoms with E-state index in [1.165, 1.54) is 24.9 Å². The fourth-order valence-electron chi connectivity index (χ4n) is 2.35. The number of methoxy groups -OCH3 is 1. The molecule has 5 nitrogen and oxygen atoms in total. The summed E-state index contributed by atoms with van der Waals surface area (Å²) in [5.74, 6) is -0.289. The highest BCUT2D eigenvalue weighted by Crippen LogP contribution is 2.29. The molecule has 1 aliphatic heterocycles. The molecule has 1 aromatic heterocycles. The third-order valence-corrected chi connectivity index (χ3v) is 4.75. The number of aryl methyl sites for hydroxylation is 1. The van der Waals surface area contributed by atoms with Crippen molar-refractivity contribution < 1.29 is 9.53 Å². The van der Waals surface area contributed by atoms with E-state index in [1.54, 1.807) is 0 Å². The summed E-state index contributed by atoms with van der Waals surface area (Å²) >= 11 is 1.43. The van der Waals surface area contributed by atoms with Crippen LogP contribution in [0.4, 0.5) is 5.13 Å².